The molecule has 0 N–H and O–H groups in total. The first-order chi connectivity index (χ1) is 30.6. The molecule has 8 aromatic carbocycles. The fourth-order valence-electron chi connectivity index (χ4n) is 7.80. The van der Waals surface area contributed by atoms with E-state index in [-0.39, 0.29) is 38.8 Å². The zero-order valence-electron chi connectivity index (χ0n) is 39.9. The van der Waals surface area contributed by atoms with Gasteiger partial charge in [0, 0.05) is 22.1 Å². The molecule has 2 heteroatoms. The van der Waals surface area contributed by atoms with Crippen LogP contribution in [0.3, 0.4) is 0 Å². The second kappa shape index (κ2) is 12.3. The smallest absolute Gasteiger partial charge is 0.160 e. The predicted octanol–water partition coefficient (Wildman–Crippen LogP) is 13.4. The highest BCUT2D eigenvalue weighted by Crippen LogP contribution is 2.50. The minimum absolute atomic E-state index is 0.0581. The van der Waals surface area contributed by atoms with Gasteiger partial charge in [-0.1, -0.05) is 183 Å². The molecule has 2 nitrogen and oxygen atoms in total. The molecule has 0 atom stereocenters. The van der Waals surface area contributed by atoms with Crippen LogP contribution in [-0.2, 0) is 5.41 Å². The van der Waals surface area contributed by atoms with Crippen molar-refractivity contribution in [1.82, 2.24) is 9.97 Å². The summed E-state index contributed by atoms with van der Waals surface area (Å²) in [6.45, 7) is 4.50. The molecule has 1 aliphatic rings. The molecular formula is C51H36N2. The number of aromatic nitrogens is 2. The lowest BCUT2D eigenvalue weighted by Crippen LogP contribution is -2.14. The number of benzene rings is 8. The molecule has 0 saturated carbocycles. The molecule has 0 spiro atoms. The van der Waals surface area contributed by atoms with Crippen LogP contribution < -0.4 is 0 Å². The van der Waals surface area contributed by atoms with Gasteiger partial charge in [0.2, 0.25) is 0 Å². The van der Waals surface area contributed by atoms with Gasteiger partial charge in [0.1, 0.15) is 0 Å². The Kier molecular flexibility index (Phi) is 5.01. The monoisotopic (exact) mass is 687 g/mol. The second-order valence-corrected chi connectivity index (χ2v) is 13.7. The van der Waals surface area contributed by atoms with Crippen molar-refractivity contribution in [3.8, 4) is 67.3 Å². The van der Waals surface area contributed by atoms with Crippen molar-refractivity contribution in [3.05, 3.63) is 193 Å². The van der Waals surface area contributed by atoms with Crippen LogP contribution in [-0.4, -0.2) is 9.97 Å². The molecule has 0 aliphatic heterocycles. The molecule has 0 unspecified atom stereocenters. The second-order valence-electron chi connectivity index (χ2n) is 13.7. The Morgan fingerprint density at radius 2 is 1.09 bits per heavy atom. The normalized spacial score (nSPS) is 15.8. The van der Waals surface area contributed by atoms with Crippen molar-refractivity contribution >= 4 is 21.5 Å². The van der Waals surface area contributed by atoms with Gasteiger partial charge in [0.05, 0.1) is 26.5 Å². The summed E-state index contributed by atoms with van der Waals surface area (Å²) in [4.78, 5) is 10.1. The van der Waals surface area contributed by atoms with Gasteiger partial charge in [-0.25, -0.2) is 9.97 Å². The van der Waals surface area contributed by atoms with E-state index in [4.69, 9.17) is 22.3 Å². The summed E-state index contributed by atoms with van der Waals surface area (Å²) in [5, 5.41) is 1.35. The Hall–Kier alpha value is -6.64. The maximum Gasteiger partial charge on any atom is 0.160 e. The number of hydrogen-bond acceptors (Lipinski definition) is 2. The molecule has 1 aromatic heterocycles. The van der Waals surface area contributed by atoms with E-state index < -0.39 is 72.0 Å². The maximum atomic E-state index is 9.42. The Bertz CT molecular complexity index is 3470. The molecule has 0 fully saturated rings. The lowest BCUT2D eigenvalue weighted by atomic mass is 9.81. The van der Waals surface area contributed by atoms with Crippen molar-refractivity contribution in [1.29, 1.82) is 0 Å². The molecule has 0 radical (unpaired) electrons. The van der Waals surface area contributed by atoms with Gasteiger partial charge in [0.25, 0.3) is 0 Å². The zero-order chi connectivity index (χ0) is 45.1. The first kappa shape index (κ1) is 21.7. The molecular weight excluding hydrogens is 641 g/mol. The molecule has 0 amide bonds. The quantitative estimate of drug-likeness (QED) is 0.180. The van der Waals surface area contributed by atoms with E-state index in [0.717, 1.165) is 21.9 Å². The van der Waals surface area contributed by atoms with Crippen LogP contribution >= 0.6 is 0 Å². The summed E-state index contributed by atoms with van der Waals surface area (Å²) in [7, 11) is 0. The zero-order valence-corrected chi connectivity index (χ0v) is 28.9. The molecule has 9 aromatic rings. The summed E-state index contributed by atoms with van der Waals surface area (Å²) in [6, 6.07) is 31.2. The standard InChI is InChI=1S/C51H36N2/c1-51(2)45-24-14-13-23-42(45)43-28-26-36(31-46(43)51)37-29-30-44(41-22-12-11-21-40(37)41)47-32-48(53-50(52-47)35-18-7-4-8-19-35)49-38-20-10-9-17-34(38)25-27-39(49)33-15-5-3-6-16-33/h3-32H,1-2H3/i3D,5D,6D,9D,10D,15D,16D,17D,20D,25D,27D. The Balaban J connectivity index is 1.29. The predicted molar refractivity (Wildman–Crippen MR) is 222 cm³/mol. The van der Waals surface area contributed by atoms with Crippen LogP contribution in [0.4, 0.5) is 0 Å². The number of fused-ring (bicyclic) bond motifs is 5. The number of hydrogen-bond donors (Lipinski definition) is 0. The molecule has 10 rings (SSSR count). The average molecular weight is 688 g/mol. The highest BCUT2D eigenvalue weighted by Gasteiger charge is 2.35. The van der Waals surface area contributed by atoms with Crippen molar-refractivity contribution in [2.45, 2.75) is 19.3 Å². The Labute approximate surface area is 325 Å². The van der Waals surface area contributed by atoms with E-state index in [1.54, 1.807) is 6.07 Å². The highest BCUT2D eigenvalue weighted by atomic mass is 14.9. The van der Waals surface area contributed by atoms with Gasteiger partial charge in [-0.15, -0.1) is 0 Å². The number of rotatable bonds is 5. The van der Waals surface area contributed by atoms with Gasteiger partial charge in [-0.3, -0.25) is 0 Å². The van der Waals surface area contributed by atoms with Crippen molar-refractivity contribution in [3.63, 3.8) is 0 Å². The lowest BCUT2D eigenvalue weighted by molar-refractivity contribution is 0.660. The molecule has 1 aliphatic carbocycles. The van der Waals surface area contributed by atoms with Crippen LogP contribution in [0.5, 0.6) is 0 Å². The van der Waals surface area contributed by atoms with E-state index in [0.29, 0.717) is 16.8 Å². The summed E-state index contributed by atoms with van der Waals surface area (Å²) in [5.41, 5.74) is 7.80. The SMILES string of the molecule is [2H]c1c([2H])c([2H])c(-c2c([2H])c([2H])c3c([2H])c([2H])c([2H])c([2H])c3c2-c2cc(-c3ccc(-c4ccc5c(c4)C(C)(C)c4ccccc4-5)c4ccccc34)nc(-c3ccccc3)n2)c([2H])c1[2H]. The van der Waals surface area contributed by atoms with E-state index in [1.165, 1.54) is 22.3 Å². The topological polar surface area (TPSA) is 25.8 Å². The van der Waals surface area contributed by atoms with Gasteiger partial charge in [0.15, 0.2) is 5.82 Å². The lowest BCUT2D eigenvalue weighted by Gasteiger charge is -2.22. The third kappa shape index (κ3) is 5.10. The van der Waals surface area contributed by atoms with Crippen molar-refractivity contribution in [2.24, 2.45) is 0 Å². The van der Waals surface area contributed by atoms with Crippen molar-refractivity contribution in [2.75, 3.05) is 0 Å². The van der Waals surface area contributed by atoms with Crippen molar-refractivity contribution < 1.29 is 15.1 Å². The molecule has 0 saturated heterocycles. The maximum absolute atomic E-state index is 9.42. The molecule has 0 bridgehead atoms. The fraction of sp³-hybridized carbons (Fsp3) is 0.0588. The van der Waals surface area contributed by atoms with Crippen LogP contribution in [0.2, 0.25) is 0 Å². The first-order valence-electron chi connectivity index (χ1n) is 22.9. The average Bonchev–Trinajstić information content (AvgIpc) is 3.54. The molecule has 250 valence electrons. The summed E-state index contributed by atoms with van der Waals surface area (Å²) < 4.78 is 97.4. The third-order valence-electron chi connectivity index (χ3n) is 10.4. The molecule has 53 heavy (non-hydrogen) atoms. The van der Waals surface area contributed by atoms with Crippen LogP contribution in [0.1, 0.15) is 40.1 Å². The third-order valence-corrected chi connectivity index (χ3v) is 10.4. The summed E-state index contributed by atoms with van der Waals surface area (Å²) in [5.74, 6) is 0.226. The highest BCUT2D eigenvalue weighted by molar-refractivity contribution is 6.07. The van der Waals surface area contributed by atoms with Crippen LogP contribution in [0.25, 0.3) is 88.8 Å². The van der Waals surface area contributed by atoms with E-state index in [2.05, 4.69) is 68.4 Å². The van der Waals surface area contributed by atoms with E-state index in [9.17, 15) is 2.74 Å². The minimum atomic E-state index is -0.667. The first-order valence-corrected chi connectivity index (χ1v) is 17.4. The fourth-order valence-corrected chi connectivity index (χ4v) is 7.80. The van der Waals surface area contributed by atoms with Gasteiger partial charge in [-0.2, -0.15) is 0 Å². The van der Waals surface area contributed by atoms with E-state index >= 15 is 0 Å². The summed E-state index contributed by atoms with van der Waals surface area (Å²) >= 11 is 0. The minimum Gasteiger partial charge on any atom is -0.228 e. The van der Waals surface area contributed by atoms with Gasteiger partial charge >= 0.3 is 0 Å². The van der Waals surface area contributed by atoms with Crippen LogP contribution in [0, 0.1) is 0 Å². The van der Waals surface area contributed by atoms with Gasteiger partial charge < -0.3 is 0 Å². The Morgan fingerprint density at radius 1 is 0.434 bits per heavy atom. The molecule has 1 heterocycles. The summed E-state index contributed by atoms with van der Waals surface area (Å²) in [6.07, 6.45) is 0. The Morgan fingerprint density at radius 3 is 1.94 bits per heavy atom. The van der Waals surface area contributed by atoms with E-state index in [1.807, 2.05) is 54.6 Å². The van der Waals surface area contributed by atoms with Crippen LogP contribution in [0.15, 0.2) is 182 Å². The van der Waals surface area contributed by atoms with Gasteiger partial charge in [-0.05, 0) is 78.2 Å². The largest absolute Gasteiger partial charge is 0.228 e. The number of nitrogens with zero attached hydrogens (tertiary/aromatic N) is 2.